The lowest BCUT2D eigenvalue weighted by atomic mass is 10.1. The molecular formula is C10H18BrN3. The molecule has 1 heterocycles. The molecule has 0 bridgehead atoms. The minimum absolute atomic E-state index is 0.510. The van der Waals surface area contributed by atoms with Crippen LogP contribution >= 0.6 is 15.9 Å². The monoisotopic (exact) mass is 259 g/mol. The number of hydrazone groups is 1. The van der Waals surface area contributed by atoms with Gasteiger partial charge in [0.1, 0.15) is 0 Å². The van der Waals surface area contributed by atoms with Gasteiger partial charge < -0.3 is 4.90 Å². The number of likely N-dealkylation sites (tertiary alicyclic amines) is 1. The van der Waals surface area contributed by atoms with Crippen LogP contribution in [0, 0.1) is 0 Å². The van der Waals surface area contributed by atoms with Crippen LogP contribution < -0.4 is 0 Å². The maximum absolute atomic E-state index is 4.04. The van der Waals surface area contributed by atoms with Gasteiger partial charge in [0.2, 0.25) is 0 Å². The van der Waals surface area contributed by atoms with Crippen LogP contribution in [0.2, 0.25) is 0 Å². The van der Waals surface area contributed by atoms with Crippen molar-refractivity contribution in [2.45, 2.75) is 25.8 Å². The Bertz CT molecular complexity index is 215. The van der Waals surface area contributed by atoms with E-state index in [4.69, 9.17) is 0 Å². The van der Waals surface area contributed by atoms with Crippen molar-refractivity contribution < 1.29 is 0 Å². The van der Waals surface area contributed by atoms with Gasteiger partial charge in [-0.05, 0) is 39.9 Å². The Kier molecular flexibility index (Phi) is 4.62. The molecule has 0 N–H and O–H groups in total. The zero-order valence-electron chi connectivity index (χ0n) is 8.91. The van der Waals surface area contributed by atoms with Crippen molar-refractivity contribution in [3.8, 4) is 0 Å². The number of piperidine rings is 1. The highest BCUT2D eigenvalue weighted by molar-refractivity contribution is 9.11. The first-order valence-corrected chi connectivity index (χ1v) is 5.70. The summed E-state index contributed by atoms with van der Waals surface area (Å²) < 4.78 is 1.09. The third kappa shape index (κ3) is 3.42. The fourth-order valence-electron chi connectivity index (χ4n) is 1.70. The smallest absolute Gasteiger partial charge is 0.0543 e. The fourth-order valence-corrected chi connectivity index (χ4v) is 1.91. The maximum atomic E-state index is 4.04. The van der Waals surface area contributed by atoms with Gasteiger partial charge in [-0.3, -0.25) is 5.01 Å². The number of hydrogen-bond acceptors (Lipinski definition) is 3. The fraction of sp³-hybridized carbons (Fsp3) is 0.700. The van der Waals surface area contributed by atoms with Crippen molar-refractivity contribution in [1.82, 2.24) is 9.91 Å². The number of halogens is 1. The lowest BCUT2D eigenvalue weighted by Gasteiger charge is -2.33. The van der Waals surface area contributed by atoms with Gasteiger partial charge in [-0.2, -0.15) is 5.10 Å². The van der Waals surface area contributed by atoms with Crippen LogP contribution in [-0.4, -0.2) is 42.8 Å². The van der Waals surface area contributed by atoms with E-state index in [1.165, 1.54) is 0 Å². The first kappa shape index (κ1) is 11.7. The molecule has 0 spiro atoms. The Balaban J connectivity index is 2.53. The van der Waals surface area contributed by atoms with Crippen molar-refractivity contribution in [2.24, 2.45) is 5.10 Å². The molecule has 0 atom stereocenters. The predicted molar refractivity (Wildman–Crippen MR) is 64.6 cm³/mol. The first-order chi connectivity index (χ1) is 6.63. The summed E-state index contributed by atoms with van der Waals surface area (Å²) in [5.41, 5.74) is 0. The largest absolute Gasteiger partial charge is 0.306 e. The molecular weight excluding hydrogens is 242 g/mol. The molecule has 1 fully saturated rings. The highest BCUT2D eigenvalue weighted by Gasteiger charge is 2.20. The summed E-state index contributed by atoms with van der Waals surface area (Å²) in [6.45, 7) is 7.90. The highest BCUT2D eigenvalue weighted by atomic mass is 79.9. The average molecular weight is 260 g/mol. The van der Waals surface area contributed by atoms with E-state index >= 15 is 0 Å². The van der Waals surface area contributed by atoms with E-state index in [0.717, 1.165) is 30.4 Å². The van der Waals surface area contributed by atoms with Crippen LogP contribution in [0.5, 0.6) is 0 Å². The van der Waals surface area contributed by atoms with Gasteiger partial charge in [-0.15, -0.1) is 0 Å². The summed E-state index contributed by atoms with van der Waals surface area (Å²) in [5.74, 6) is 0. The van der Waals surface area contributed by atoms with Crippen LogP contribution in [0.15, 0.2) is 15.8 Å². The van der Waals surface area contributed by atoms with Gasteiger partial charge in [0.15, 0.2) is 0 Å². The lowest BCUT2D eigenvalue weighted by Crippen LogP contribution is -2.39. The molecule has 3 nitrogen and oxygen atoms in total. The van der Waals surface area contributed by atoms with Crippen LogP contribution in [-0.2, 0) is 0 Å². The van der Waals surface area contributed by atoms with Gasteiger partial charge >= 0.3 is 0 Å². The molecule has 1 rings (SSSR count). The Morgan fingerprint density at radius 2 is 2.14 bits per heavy atom. The molecule has 0 aromatic heterocycles. The molecule has 0 amide bonds. The maximum Gasteiger partial charge on any atom is 0.0543 e. The number of rotatable bonds is 3. The van der Waals surface area contributed by atoms with E-state index in [0.29, 0.717) is 6.04 Å². The van der Waals surface area contributed by atoms with Gasteiger partial charge in [-0.1, -0.05) is 15.9 Å². The van der Waals surface area contributed by atoms with E-state index in [1.807, 2.05) is 18.1 Å². The average Bonchev–Trinajstić information content (AvgIpc) is 2.15. The lowest BCUT2D eigenvalue weighted by molar-refractivity contribution is 0.165. The Morgan fingerprint density at radius 3 is 2.57 bits per heavy atom. The third-order valence-electron chi connectivity index (χ3n) is 2.54. The number of hydrogen-bond donors (Lipinski definition) is 0. The van der Waals surface area contributed by atoms with Crippen molar-refractivity contribution in [3.63, 3.8) is 0 Å². The van der Waals surface area contributed by atoms with Crippen LogP contribution in [0.1, 0.15) is 19.8 Å². The van der Waals surface area contributed by atoms with Crippen LogP contribution in [0.4, 0.5) is 0 Å². The van der Waals surface area contributed by atoms with Gasteiger partial charge in [0.25, 0.3) is 0 Å². The predicted octanol–water partition coefficient (Wildman–Crippen LogP) is 2.25. The standard InChI is InChI=1S/C10H18BrN3/c1-9(11)8-14(12-2)10-4-6-13(3)7-5-10/h8,10H,2,4-7H2,1,3H3/b9-8+. The highest BCUT2D eigenvalue weighted by Crippen LogP contribution is 2.18. The molecule has 14 heavy (non-hydrogen) atoms. The molecule has 1 aliphatic rings. The van der Waals surface area contributed by atoms with Crippen molar-refractivity contribution in [1.29, 1.82) is 0 Å². The van der Waals surface area contributed by atoms with Gasteiger partial charge in [-0.25, -0.2) is 0 Å². The van der Waals surface area contributed by atoms with E-state index in [-0.39, 0.29) is 0 Å². The van der Waals surface area contributed by atoms with E-state index < -0.39 is 0 Å². The van der Waals surface area contributed by atoms with E-state index in [2.05, 4.69) is 39.7 Å². The molecule has 0 aromatic carbocycles. The molecule has 1 aliphatic heterocycles. The summed E-state index contributed by atoms with van der Waals surface area (Å²) in [6, 6.07) is 0.510. The summed E-state index contributed by atoms with van der Waals surface area (Å²) in [6.07, 6.45) is 4.32. The second kappa shape index (κ2) is 5.51. The molecule has 0 unspecified atom stereocenters. The van der Waals surface area contributed by atoms with E-state index in [9.17, 15) is 0 Å². The summed E-state index contributed by atoms with van der Waals surface area (Å²) >= 11 is 3.42. The zero-order valence-corrected chi connectivity index (χ0v) is 10.5. The van der Waals surface area contributed by atoms with E-state index in [1.54, 1.807) is 0 Å². The molecule has 0 radical (unpaired) electrons. The molecule has 1 saturated heterocycles. The SMILES string of the molecule is C=NN(/C=C(\C)Br)C1CCN(C)CC1. The van der Waals surface area contributed by atoms with Gasteiger partial charge in [0.05, 0.1) is 6.04 Å². The molecule has 4 heteroatoms. The summed E-state index contributed by atoms with van der Waals surface area (Å²) in [7, 11) is 2.16. The second-order valence-corrected chi connectivity index (χ2v) is 5.02. The Hall–Kier alpha value is -0.350. The summed E-state index contributed by atoms with van der Waals surface area (Å²) in [5, 5.41) is 6.00. The normalized spacial score (nSPS) is 20.9. The molecule has 0 aromatic rings. The third-order valence-corrected chi connectivity index (χ3v) is 2.74. The van der Waals surface area contributed by atoms with Crippen molar-refractivity contribution in [3.05, 3.63) is 10.7 Å². The molecule has 80 valence electrons. The summed E-state index contributed by atoms with van der Waals surface area (Å²) in [4.78, 5) is 2.35. The zero-order chi connectivity index (χ0) is 10.6. The van der Waals surface area contributed by atoms with Gasteiger partial charge in [0, 0.05) is 17.4 Å². The topological polar surface area (TPSA) is 18.8 Å². The quantitative estimate of drug-likeness (QED) is 0.572. The van der Waals surface area contributed by atoms with Crippen LogP contribution in [0.3, 0.4) is 0 Å². The second-order valence-electron chi connectivity index (χ2n) is 3.77. The van der Waals surface area contributed by atoms with Crippen LogP contribution in [0.25, 0.3) is 0 Å². The molecule has 0 saturated carbocycles. The Morgan fingerprint density at radius 1 is 1.57 bits per heavy atom. The minimum Gasteiger partial charge on any atom is -0.306 e. The first-order valence-electron chi connectivity index (χ1n) is 4.91. The number of nitrogens with zero attached hydrogens (tertiary/aromatic N) is 3. The van der Waals surface area contributed by atoms with Crippen molar-refractivity contribution >= 4 is 22.6 Å². The number of allylic oxidation sites excluding steroid dienone is 1. The Labute approximate surface area is 94.6 Å². The molecule has 0 aliphatic carbocycles. The van der Waals surface area contributed by atoms with Crippen molar-refractivity contribution in [2.75, 3.05) is 20.1 Å². The minimum atomic E-state index is 0.510.